The minimum atomic E-state index is -3.69. The molecule has 0 radical (unpaired) electrons. The molecule has 1 amide bonds. The Morgan fingerprint density at radius 1 is 1.00 bits per heavy atom. The summed E-state index contributed by atoms with van der Waals surface area (Å²) in [7, 11) is -0.708. The van der Waals surface area contributed by atoms with E-state index >= 15 is 0 Å². The second-order valence-corrected chi connectivity index (χ2v) is 9.04. The van der Waals surface area contributed by atoms with Crippen LogP contribution in [-0.4, -0.2) is 63.9 Å². The normalized spacial score (nSPS) is 21.7. The molecule has 2 fully saturated rings. The first-order chi connectivity index (χ1) is 13.0. The lowest BCUT2D eigenvalue weighted by molar-refractivity contribution is -0.137. The van der Waals surface area contributed by atoms with Crippen molar-refractivity contribution in [1.29, 1.82) is 0 Å². The number of nitrogens with zero attached hydrogens (tertiary/aromatic N) is 2. The molecule has 2 aliphatic heterocycles. The molecule has 1 aromatic carbocycles. The molecular formula is C19H28N2O5S. The van der Waals surface area contributed by atoms with Crippen molar-refractivity contribution in [3.8, 4) is 11.5 Å². The zero-order valence-corrected chi connectivity index (χ0v) is 16.8. The van der Waals surface area contributed by atoms with Gasteiger partial charge in [0.15, 0.2) is 11.5 Å². The Labute approximate surface area is 161 Å². The fourth-order valence-electron chi connectivity index (χ4n) is 3.86. The summed E-state index contributed by atoms with van der Waals surface area (Å²) in [5.41, 5.74) is 0. The van der Waals surface area contributed by atoms with Crippen molar-refractivity contribution in [2.45, 2.75) is 37.0 Å². The Morgan fingerprint density at radius 3 is 2.37 bits per heavy atom. The fraction of sp³-hybridized carbons (Fsp3) is 0.632. The number of sulfonamides is 1. The topological polar surface area (TPSA) is 76.2 Å². The third kappa shape index (κ3) is 4.21. The molecule has 0 aromatic heterocycles. The number of rotatable bonds is 5. The van der Waals surface area contributed by atoms with E-state index < -0.39 is 10.0 Å². The van der Waals surface area contributed by atoms with E-state index in [-0.39, 0.29) is 23.3 Å². The van der Waals surface area contributed by atoms with Crippen LogP contribution in [0, 0.1) is 5.92 Å². The molecule has 7 nitrogen and oxygen atoms in total. The van der Waals surface area contributed by atoms with Crippen LogP contribution >= 0.6 is 0 Å². The van der Waals surface area contributed by atoms with Crippen molar-refractivity contribution in [2.24, 2.45) is 5.92 Å². The van der Waals surface area contributed by atoms with E-state index in [0.717, 1.165) is 38.8 Å². The van der Waals surface area contributed by atoms with Gasteiger partial charge in [0.25, 0.3) is 0 Å². The van der Waals surface area contributed by atoms with Gasteiger partial charge in [-0.25, -0.2) is 8.42 Å². The SMILES string of the molecule is COc1ccc(S(=O)(=O)N2CCC[C@@H](C(=O)N3CCCCC3)C2)cc1OC. The maximum Gasteiger partial charge on any atom is 0.243 e. The lowest BCUT2D eigenvalue weighted by Gasteiger charge is -2.35. The van der Waals surface area contributed by atoms with Crippen molar-refractivity contribution < 1.29 is 22.7 Å². The van der Waals surface area contributed by atoms with Crippen molar-refractivity contribution in [1.82, 2.24) is 9.21 Å². The smallest absolute Gasteiger partial charge is 0.243 e. The van der Waals surface area contributed by atoms with Crippen molar-refractivity contribution >= 4 is 15.9 Å². The summed E-state index contributed by atoms with van der Waals surface area (Å²) in [6.45, 7) is 2.25. The van der Waals surface area contributed by atoms with Gasteiger partial charge in [-0.15, -0.1) is 0 Å². The van der Waals surface area contributed by atoms with Crippen LogP contribution in [0.4, 0.5) is 0 Å². The molecule has 0 bridgehead atoms. The van der Waals surface area contributed by atoms with Gasteiger partial charge in [0.05, 0.1) is 25.0 Å². The predicted octanol–water partition coefficient (Wildman–Crippen LogP) is 2.12. The van der Waals surface area contributed by atoms with Gasteiger partial charge < -0.3 is 14.4 Å². The van der Waals surface area contributed by atoms with E-state index in [4.69, 9.17) is 9.47 Å². The Hall–Kier alpha value is -1.80. The Morgan fingerprint density at radius 2 is 1.70 bits per heavy atom. The van der Waals surface area contributed by atoms with E-state index in [0.29, 0.717) is 24.5 Å². The van der Waals surface area contributed by atoms with Crippen LogP contribution in [0.1, 0.15) is 32.1 Å². The molecule has 27 heavy (non-hydrogen) atoms. The van der Waals surface area contributed by atoms with Crippen LogP contribution in [0.5, 0.6) is 11.5 Å². The highest BCUT2D eigenvalue weighted by Gasteiger charge is 2.35. The third-order valence-electron chi connectivity index (χ3n) is 5.39. The van der Waals surface area contributed by atoms with E-state index in [1.165, 1.54) is 30.7 Å². The van der Waals surface area contributed by atoms with Crippen LogP contribution in [0.15, 0.2) is 23.1 Å². The zero-order chi connectivity index (χ0) is 19.4. The zero-order valence-electron chi connectivity index (χ0n) is 16.0. The van der Waals surface area contributed by atoms with Crippen LogP contribution < -0.4 is 9.47 Å². The highest BCUT2D eigenvalue weighted by Crippen LogP contribution is 2.32. The molecule has 1 atom stereocenters. The predicted molar refractivity (Wildman–Crippen MR) is 101 cm³/mol. The average molecular weight is 397 g/mol. The molecule has 0 saturated carbocycles. The molecule has 0 spiro atoms. The molecule has 8 heteroatoms. The van der Waals surface area contributed by atoms with E-state index in [1.807, 2.05) is 4.90 Å². The molecule has 0 unspecified atom stereocenters. The molecule has 0 aliphatic carbocycles. The molecule has 2 heterocycles. The molecule has 3 rings (SSSR count). The Bertz CT molecular complexity index is 774. The third-order valence-corrected chi connectivity index (χ3v) is 7.26. The van der Waals surface area contributed by atoms with E-state index in [1.54, 1.807) is 6.07 Å². The number of likely N-dealkylation sites (tertiary alicyclic amines) is 1. The largest absolute Gasteiger partial charge is 0.493 e. The summed E-state index contributed by atoms with van der Waals surface area (Å²) in [4.78, 5) is 14.9. The number of hydrogen-bond acceptors (Lipinski definition) is 5. The summed E-state index contributed by atoms with van der Waals surface area (Å²) in [5, 5.41) is 0. The molecular weight excluding hydrogens is 368 g/mol. The average Bonchev–Trinajstić information content (AvgIpc) is 2.73. The molecule has 0 N–H and O–H groups in total. The highest BCUT2D eigenvalue weighted by molar-refractivity contribution is 7.89. The van der Waals surface area contributed by atoms with Crippen molar-refractivity contribution in [3.63, 3.8) is 0 Å². The van der Waals surface area contributed by atoms with E-state index in [9.17, 15) is 13.2 Å². The summed E-state index contributed by atoms with van der Waals surface area (Å²) in [6, 6.07) is 4.59. The van der Waals surface area contributed by atoms with Crippen LogP contribution in [-0.2, 0) is 14.8 Å². The van der Waals surface area contributed by atoms with Crippen LogP contribution in [0.2, 0.25) is 0 Å². The van der Waals surface area contributed by atoms with Gasteiger partial charge in [-0.3, -0.25) is 4.79 Å². The standard InChI is InChI=1S/C19H28N2O5S/c1-25-17-9-8-16(13-18(17)26-2)27(23,24)21-12-6-7-15(14-21)19(22)20-10-4-3-5-11-20/h8-9,13,15H,3-7,10-12,14H2,1-2H3/t15-/m1/s1. The number of hydrogen-bond donors (Lipinski definition) is 0. The Balaban J connectivity index is 1.77. The number of benzene rings is 1. The van der Waals surface area contributed by atoms with Gasteiger partial charge >= 0.3 is 0 Å². The van der Waals surface area contributed by atoms with Crippen LogP contribution in [0.3, 0.4) is 0 Å². The Kier molecular flexibility index (Phi) is 6.26. The van der Waals surface area contributed by atoms with E-state index in [2.05, 4.69) is 0 Å². The second-order valence-electron chi connectivity index (χ2n) is 7.10. The number of piperidine rings is 2. The quantitative estimate of drug-likeness (QED) is 0.762. The molecule has 1 aromatic rings. The number of methoxy groups -OCH3 is 2. The van der Waals surface area contributed by atoms with Gasteiger partial charge in [-0.2, -0.15) is 4.31 Å². The van der Waals surface area contributed by atoms with Crippen molar-refractivity contribution in [3.05, 3.63) is 18.2 Å². The molecule has 2 saturated heterocycles. The summed E-state index contributed by atoms with van der Waals surface area (Å²) in [6.07, 6.45) is 4.66. The highest BCUT2D eigenvalue weighted by atomic mass is 32.2. The van der Waals surface area contributed by atoms with Gasteiger partial charge in [0.2, 0.25) is 15.9 Å². The summed E-state index contributed by atoms with van der Waals surface area (Å²) >= 11 is 0. The maximum atomic E-state index is 13.1. The molecule has 2 aliphatic rings. The number of ether oxygens (including phenoxy) is 2. The summed E-state index contributed by atoms with van der Waals surface area (Å²) < 4.78 is 38.1. The maximum absolute atomic E-state index is 13.1. The number of amides is 1. The first-order valence-electron chi connectivity index (χ1n) is 9.48. The number of carbonyl (C=O) groups is 1. The first-order valence-corrected chi connectivity index (χ1v) is 10.9. The monoisotopic (exact) mass is 396 g/mol. The van der Waals surface area contributed by atoms with Gasteiger partial charge in [0, 0.05) is 32.2 Å². The molecule has 150 valence electrons. The second kappa shape index (κ2) is 8.48. The fourth-order valence-corrected chi connectivity index (χ4v) is 5.40. The summed E-state index contributed by atoms with van der Waals surface area (Å²) in [5.74, 6) is 0.693. The van der Waals surface area contributed by atoms with Crippen LogP contribution in [0.25, 0.3) is 0 Å². The minimum Gasteiger partial charge on any atom is -0.493 e. The van der Waals surface area contributed by atoms with Crippen molar-refractivity contribution in [2.75, 3.05) is 40.4 Å². The van der Waals surface area contributed by atoms with Gasteiger partial charge in [-0.05, 0) is 44.2 Å². The minimum absolute atomic E-state index is 0.0990. The lowest BCUT2D eigenvalue weighted by Crippen LogP contribution is -2.47. The van der Waals surface area contributed by atoms with Gasteiger partial charge in [0.1, 0.15) is 0 Å². The van der Waals surface area contributed by atoms with Gasteiger partial charge in [-0.1, -0.05) is 0 Å². The lowest BCUT2D eigenvalue weighted by atomic mass is 9.97. The first kappa shape index (κ1) is 19.9. The number of carbonyl (C=O) groups excluding carboxylic acids is 1.